The molecule has 0 unspecified atom stereocenters. The number of rotatable bonds is 5. The summed E-state index contributed by atoms with van der Waals surface area (Å²) in [5.74, 6) is 1.77. The smallest absolute Gasteiger partial charge is 0.291 e. The molecule has 150 valence electrons. The maximum absolute atomic E-state index is 12.5. The topological polar surface area (TPSA) is 51.5 Å². The van der Waals surface area contributed by atoms with E-state index in [1.165, 1.54) is 0 Å². The molecule has 1 N–H and O–H groups in total. The SMILES string of the molecule is Cc1ccc(-c2ccc(C(=O)Nc3ccc(Oc4ccc(Cl)cc4)cc3)o2)cc1Cl. The Hall–Kier alpha value is -3.21. The van der Waals surface area contributed by atoms with Gasteiger partial charge in [0.15, 0.2) is 5.76 Å². The van der Waals surface area contributed by atoms with Crippen LogP contribution in [-0.4, -0.2) is 5.91 Å². The molecule has 0 atom stereocenters. The van der Waals surface area contributed by atoms with Crippen LogP contribution in [0.3, 0.4) is 0 Å². The number of anilines is 1. The lowest BCUT2D eigenvalue weighted by Gasteiger charge is -2.07. The number of amides is 1. The number of aryl methyl sites for hydroxylation is 1. The Balaban J connectivity index is 1.42. The molecule has 4 nitrogen and oxygen atoms in total. The second kappa shape index (κ2) is 8.66. The summed E-state index contributed by atoms with van der Waals surface area (Å²) >= 11 is 12.0. The summed E-state index contributed by atoms with van der Waals surface area (Å²) in [5, 5.41) is 4.10. The van der Waals surface area contributed by atoms with Crippen LogP contribution in [0.25, 0.3) is 11.3 Å². The van der Waals surface area contributed by atoms with E-state index in [0.29, 0.717) is 33.0 Å². The third-order valence-corrected chi connectivity index (χ3v) is 5.11. The minimum atomic E-state index is -0.342. The lowest BCUT2D eigenvalue weighted by atomic mass is 10.1. The summed E-state index contributed by atoms with van der Waals surface area (Å²) in [7, 11) is 0. The number of hydrogen-bond acceptors (Lipinski definition) is 3. The number of carbonyl (C=O) groups excluding carboxylic acids is 1. The Morgan fingerprint density at radius 3 is 2.20 bits per heavy atom. The van der Waals surface area contributed by atoms with Crippen molar-refractivity contribution in [2.75, 3.05) is 5.32 Å². The molecule has 0 fully saturated rings. The maximum Gasteiger partial charge on any atom is 0.291 e. The van der Waals surface area contributed by atoms with Gasteiger partial charge in [0.1, 0.15) is 17.3 Å². The van der Waals surface area contributed by atoms with Crippen LogP contribution in [0.2, 0.25) is 10.0 Å². The summed E-state index contributed by atoms with van der Waals surface area (Å²) in [4.78, 5) is 12.5. The standard InChI is InChI=1S/C24H17Cl2NO3/c1-15-2-3-16(14-21(15)26)22-12-13-23(30-22)24(28)27-18-6-10-20(11-7-18)29-19-8-4-17(25)5-9-19/h2-14H,1H3,(H,27,28). The van der Waals surface area contributed by atoms with Crippen LogP contribution in [0.15, 0.2) is 83.3 Å². The Labute approximate surface area is 184 Å². The van der Waals surface area contributed by atoms with E-state index in [1.54, 1.807) is 60.7 Å². The highest BCUT2D eigenvalue weighted by atomic mass is 35.5. The van der Waals surface area contributed by atoms with Gasteiger partial charge in [-0.25, -0.2) is 0 Å². The van der Waals surface area contributed by atoms with Crippen molar-refractivity contribution in [3.8, 4) is 22.8 Å². The third kappa shape index (κ3) is 4.67. The van der Waals surface area contributed by atoms with Crippen LogP contribution in [0.1, 0.15) is 16.1 Å². The van der Waals surface area contributed by atoms with E-state index in [1.807, 2.05) is 25.1 Å². The van der Waals surface area contributed by atoms with Crippen LogP contribution < -0.4 is 10.1 Å². The zero-order valence-electron chi connectivity index (χ0n) is 16.0. The zero-order valence-corrected chi connectivity index (χ0v) is 17.5. The van der Waals surface area contributed by atoms with E-state index in [0.717, 1.165) is 11.1 Å². The van der Waals surface area contributed by atoms with Gasteiger partial charge in [-0.15, -0.1) is 0 Å². The Kier molecular flexibility index (Phi) is 5.79. The average molecular weight is 438 g/mol. The number of hydrogen-bond donors (Lipinski definition) is 1. The van der Waals surface area contributed by atoms with Gasteiger partial charge in [-0.05, 0) is 79.2 Å². The minimum absolute atomic E-state index is 0.211. The molecule has 0 spiro atoms. The zero-order chi connectivity index (χ0) is 21.1. The number of nitrogens with one attached hydrogen (secondary N) is 1. The summed E-state index contributed by atoms with van der Waals surface area (Å²) in [6.45, 7) is 1.93. The molecule has 6 heteroatoms. The molecular weight excluding hydrogens is 421 g/mol. The average Bonchev–Trinajstić information content (AvgIpc) is 3.24. The van der Waals surface area contributed by atoms with Gasteiger partial charge in [0.25, 0.3) is 5.91 Å². The minimum Gasteiger partial charge on any atom is -0.457 e. The normalized spacial score (nSPS) is 10.6. The molecule has 0 aliphatic rings. The van der Waals surface area contributed by atoms with E-state index < -0.39 is 0 Å². The predicted octanol–water partition coefficient (Wildman–Crippen LogP) is 7.61. The molecule has 1 heterocycles. The largest absolute Gasteiger partial charge is 0.457 e. The molecule has 30 heavy (non-hydrogen) atoms. The third-order valence-electron chi connectivity index (χ3n) is 4.45. The van der Waals surface area contributed by atoms with Crippen molar-refractivity contribution in [3.63, 3.8) is 0 Å². The van der Waals surface area contributed by atoms with Gasteiger partial charge in [-0.2, -0.15) is 0 Å². The van der Waals surface area contributed by atoms with E-state index in [9.17, 15) is 4.79 Å². The van der Waals surface area contributed by atoms with Crippen LogP contribution in [0.4, 0.5) is 5.69 Å². The monoisotopic (exact) mass is 437 g/mol. The molecule has 1 aromatic heterocycles. The number of furan rings is 1. The Bertz CT molecular complexity index is 1180. The number of benzene rings is 3. The van der Waals surface area contributed by atoms with Crippen molar-refractivity contribution in [1.82, 2.24) is 0 Å². The lowest BCUT2D eigenvalue weighted by Crippen LogP contribution is -2.10. The molecule has 4 rings (SSSR count). The van der Waals surface area contributed by atoms with Crippen molar-refractivity contribution in [2.45, 2.75) is 6.92 Å². The molecule has 0 saturated carbocycles. The van der Waals surface area contributed by atoms with E-state index in [4.69, 9.17) is 32.4 Å². The second-order valence-electron chi connectivity index (χ2n) is 6.66. The van der Waals surface area contributed by atoms with Gasteiger partial charge >= 0.3 is 0 Å². The maximum atomic E-state index is 12.5. The first-order valence-electron chi connectivity index (χ1n) is 9.19. The van der Waals surface area contributed by atoms with Crippen molar-refractivity contribution >= 4 is 34.8 Å². The van der Waals surface area contributed by atoms with Gasteiger partial charge in [-0.3, -0.25) is 4.79 Å². The summed E-state index contributed by atoms with van der Waals surface area (Å²) < 4.78 is 11.5. The number of halogens is 2. The first-order valence-corrected chi connectivity index (χ1v) is 9.95. The van der Waals surface area contributed by atoms with Gasteiger partial charge in [-0.1, -0.05) is 35.3 Å². The highest BCUT2D eigenvalue weighted by Crippen LogP contribution is 2.28. The summed E-state index contributed by atoms with van der Waals surface area (Å²) in [6.07, 6.45) is 0. The fraction of sp³-hybridized carbons (Fsp3) is 0.0417. The Morgan fingerprint density at radius 1 is 0.867 bits per heavy atom. The predicted molar refractivity (Wildman–Crippen MR) is 120 cm³/mol. The molecule has 0 radical (unpaired) electrons. The van der Waals surface area contributed by atoms with E-state index in [-0.39, 0.29) is 11.7 Å². The fourth-order valence-electron chi connectivity index (χ4n) is 2.80. The van der Waals surface area contributed by atoms with Gasteiger partial charge in [0.05, 0.1) is 0 Å². The van der Waals surface area contributed by atoms with Crippen LogP contribution in [-0.2, 0) is 0 Å². The number of ether oxygens (including phenoxy) is 1. The van der Waals surface area contributed by atoms with Crippen LogP contribution in [0.5, 0.6) is 11.5 Å². The van der Waals surface area contributed by atoms with Gasteiger partial charge in [0, 0.05) is 21.3 Å². The lowest BCUT2D eigenvalue weighted by molar-refractivity contribution is 0.0997. The fourth-order valence-corrected chi connectivity index (χ4v) is 3.11. The van der Waals surface area contributed by atoms with Crippen molar-refractivity contribution in [1.29, 1.82) is 0 Å². The quantitative estimate of drug-likeness (QED) is 0.349. The highest BCUT2D eigenvalue weighted by Gasteiger charge is 2.13. The van der Waals surface area contributed by atoms with Gasteiger partial charge in [0.2, 0.25) is 0 Å². The van der Waals surface area contributed by atoms with Crippen molar-refractivity contribution in [2.24, 2.45) is 0 Å². The van der Waals surface area contributed by atoms with Crippen LogP contribution in [0, 0.1) is 6.92 Å². The molecule has 3 aromatic carbocycles. The van der Waals surface area contributed by atoms with E-state index in [2.05, 4.69) is 5.32 Å². The van der Waals surface area contributed by atoms with Gasteiger partial charge < -0.3 is 14.5 Å². The summed E-state index contributed by atoms with van der Waals surface area (Å²) in [6, 6.07) is 23.2. The highest BCUT2D eigenvalue weighted by molar-refractivity contribution is 6.31. The van der Waals surface area contributed by atoms with Crippen molar-refractivity contribution in [3.05, 3.63) is 100 Å². The molecule has 1 amide bonds. The molecule has 0 aliphatic heterocycles. The molecular formula is C24H17Cl2NO3. The molecule has 0 aliphatic carbocycles. The number of carbonyl (C=O) groups is 1. The van der Waals surface area contributed by atoms with Crippen molar-refractivity contribution < 1.29 is 13.9 Å². The van der Waals surface area contributed by atoms with E-state index >= 15 is 0 Å². The first kappa shape index (κ1) is 20.1. The second-order valence-corrected chi connectivity index (χ2v) is 7.51. The Morgan fingerprint density at radius 2 is 1.53 bits per heavy atom. The first-order chi connectivity index (χ1) is 14.5. The van der Waals surface area contributed by atoms with Crippen LogP contribution >= 0.6 is 23.2 Å². The molecule has 0 saturated heterocycles. The summed E-state index contributed by atoms with van der Waals surface area (Å²) in [5.41, 5.74) is 2.42. The molecule has 4 aromatic rings. The molecule has 0 bridgehead atoms.